The topological polar surface area (TPSA) is 12.0 Å². The Morgan fingerprint density at radius 2 is 2.24 bits per heavy atom. The molecule has 2 atom stereocenters. The molecule has 2 rings (SSSR count). The number of hydrogen-bond acceptors (Lipinski definition) is 1. The third kappa shape index (κ3) is 3.20. The van der Waals surface area contributed by atoms with E-state index in [1.165, 1.54) is 0 Å². The van der Waals surface area contributed by atoms with Crippen molar-refractivity contribution in [2.75, 3.05) is 13.1 Å². The molecule has 3 heteroatoms. The van der Waals surface area contributed by atoms with E-state index in [1.54, 1.807) is 6.92 Å². The molecule has 94 valence electrons. The zero-order valence-corrected chi connectivity index (χ0v) is 10.9. The van der Waals surface area contributed by atoms with Gasteiger partial charge in [0.2, 0.25) is 0 Å². The zero-order valence-electron chi connectivity index (χ0n) is 10.2. The second kappa shape index (κ2) is 5.36. The molecule has 1 aromatic carbocycles. The van der Waals surface area contributed by atoms with E-state index in [2.05, 4.69) is 5.32 Å². The largest absolute Gasteiger partial charge is 0.316 e. The van der Waals surface area contributed by atoms with Crippen LogP contribution in [0.25, 0.3) is 0 Å². The van der Waals surface area contributed by atoms with Crippen LogP contribution in [0.4, 0.5) is 4.39 Å². The van der Waals surface area contributed by atoms with Gasteiger partial charge in [-0.2, -0.15) is 0 Å². The van der Waals surface area contributed by atoms with Crippen LogP contribution in [0, 0.1) is 5.92 Å². The lowest BCUT2D eigenvalue weighted by molar-refractivity contribution is 0.0834. The van der Waals surface area contributed by atoms with E-state index in [1.807, 2.05) is 24.3 Å². The molecule has 0 aromatic heterocycles. The standard InChI is InChI=1S/C14H19ClFN/c1-14(16,12-6-4-8-17-10-12)9-11-5-2-3-7-13(11)15/h2-3,5,7,12,17H,4,6,8-10H2,1H3. The molecular weight excluding hydrogens is 237 g/mol. The Labute approximate surface area is 107 Å². The molecule has 2 unspecified atom stereocenters. The Kier molecular flexibility index (Phi) is 4.05. The summed E-state index contributed by atoms with van der Waals surface area (Å²) in [6, 6.07) is 7.53. The van der Waals surface area contributed by atoms with E-state index in [0.717, 1.165) is 31.5 Å². The van der Waals surface area contributed by atoms with Crippen molar-refractivity contribution in [1.82, 2.24) is 5.32 Å². The summed E-state index contributed by atoms with van der Waals surface area (Å²) in [7, 11) is 0. The van der Waals surface area contributed by atoms with Crippen LogP contribution in [-0.2, 0) is 6.42 Å². The summed E-state index contributed by atoms with van der Waals surface area (Å²) >= 11 is 6.09. The molecule has 1 N–H and O–H groups in total. The molecule has 1 saturated heterocycles. The maximum atomic E-state index is 14.7. The average molecular weight is 256 g/mol. The highest BCUT2D eigenvalue weighted by atomic mass is 35.5. The number of benzene rings is 1. The fraction of sp³-hybridized carbons (Fsp3) is 0.571. The fourth-order valence-corrected chi connectivity index (χ4v) is 2.73. The van der Waals surface area contributed by atoms with E-state index in [0.29, 0.717) is 11.4 Å². The van der Waals surface area contributed by atoms with Crippen molar-refractivity contribution in [3.63, 3.8) is 0 Å². The highest BCUT2D eigenvalue weighted by molar-refractivity contribution is 6.31. The van der Waals surface area contributed by atoms with Gasteiger partial charge < -0.3 is 5.32 Å². The van der Waals surface area contributed by atoms with Crippen molar-refractivity contribution in [3.8, 4) is 0 Å². The maximum Gasteiger partial charge on any atom is 0.116 e. The number of piperidine rings is 1. The Hall–Kier alpha value is -0.600. The Bertz CT molecular complexity index is 372. The third-order valence-electron chi connectivity index (χ3n) is 3.64. The lowest BCUT2D eigenvalue weighted by Crippen LogP contribution is -2.42. The van der Waals surface area contributed by atoms with Crippen molar-refractivity contribution < 1.29 is 4.39 Å². The van der Waals surface area contributed by atoms with Crippen LogP contribution < -0.4 is 5.32 Å². The number of hydrogen-bond donors (Lipinski definition) is 1. The van der Waals surface area contributed by atoms with Crippen LogP contribution in [0.15, 0.2) is 24.3 Å². The number of halogens is 2. The predicted octanol–water partition coefficient (Wildman–Crippen LogP) is 3.61. The van der Waals surface area contributed by atoms with E-state index < -0.39 is 5.67 Å². The lowest BCUT2D eigenvalue weighted by atomic mass is 9.81. The number of rotatable bonds is 3. The van der Waals surface area contributed by atoms with Crippen molar-refractivity contribution in [2.24, 2.45) is 5.92 Å². The van der Waals surface area contributed by atoms with E-state index >= 15 is 0 Å². The van der Waals surface area contributed by atoms with Gasteiger partial charge >= 0.3 is 0 Å². The van der Waals surface area contributed by atoms with E-state index in [-0.39, 0.29) is 5.92 Å². The molecule has 0 saturated carbocycles. The second-order valence-electron chi connectivity index (χ2n) is 5.09. The minimum absolute atomic E-state index is 0.0903. The van der Waals surface area contributed by atoms with Gasteiger partial charge in [0.1, 0.15) is 5.67 Å². The first-order valence-electron chi connectivity index (χ1n) is 6.22. The van der Waals surface area contributed by atoms with Crippen LogP contribution in [0.1, 0.15) is 25.3 Å². The number of nitrogens with one attached hydrogen (secondary N) is 1. The monoisotopic (exact) mass is 255 g/mol. The predicted molar refractivity (Wildman–Crippen MR) is 70.3 cm³/mol. The zero-order chi connectivity index (χ0) is 12.3. The highest BCUT2D eigenvalue weighted by Gasteiger charge is 2.35. The molecule has 17 heavy (non-hydrogen) atoms. The molecule has 1 nitrogen and oxygen atoms in total. The van der Waals surface area contributed by atoms with Gasteiger partial charge in [0.25, 0.3) is 0 Å². The molecule has 0 radical (unpaired) electrons. The summed E-state index contributed by atoms with van der Waals surface area (Å²) in [4.78, 5) is 0. The molecule has 0 spiro atoms. The van der Waals surface area contributed by atoms with E-state index in [9.17, 15) is 4.39 Å². The van der Waals surface area contributed by atoms with Crippen LogP contribution in [0.3, 0.4) is 0 Å². The Morgan fingerprint density at radius 1 is 1.47 bits per heavy atom. The molecule has 0 amide bonds. The second-order valence-corrected chi connectivity index (χ2v) is 5.50. The Balaban J connectivity index is 2.08. The Morgan fingerprint density at radius 3 is 2.88 bits per heavy atom. The van der Waals surface area contributed by atoms with Crippen molar-refractivity contribution in [1.29, 1.82) is 0 Å². The van der Waals surface area contributed by atoms with Crippen LogP contribution in [0.5, 0.6) is 0 Å². The SMILES string of the molecule is CC(F)(Cc1ccccc1Cl)C1CCCNC1. The minimum atomic E-state index is -1.18. The summed E-state index contributed by atoms with van der Waals surface area (Å²) in [5.74, 6) is 0.0903. The first kappa shape index (κ1) is 12.8. The van der Waals surface area contributed by atoms with Crippen molar-refractivity contribution in [2.45, 2.75) is 31.9 Å². The third-order valence-corrected chi connectivity index (χ3v) is 4.01. The van der Waals surface area contributed by atoms with Gasteiger partial charge in [0.05, 0.1) is 0 Å². The first-order chi connectivity index (χ1) is 8.09. The number of alkyl halides is 1. The quantitative estimate of drug-likeness (QED) is 0.870. The van der Waals surface area contributed by atoms with Gasteiger partial charge in [-0.1, -0.05) is 29.8 Å². The van der Waals surface area contributed by atoms with Gasteiger partial charge in [-0.05, 0) is 37.9 Å². The fourth-order valence-electron chi connectivity index (χ4n) is 2.52. The summed E-state index contributed by atoms with van der Waals surface area (Å²) < 4.78 is 14.7. The molecular formula is C14H19ClFN. The van der Waals surface area contributed by atoms with Gasteiger partial charge in [-0.15, -0.1) is 0 Å². The van der Waals surface area contributed by atoms with Gasteiger partial charge in [-0.3, -0.25) is 0 Å². The molecule has 0 bridgehead atoms. The molecule has 1 aliphatic rings. The molecule has 1 heterocycles. The van der Waals surface area contributed by atoms with Crippen molar-refractivity contribution >= 4 is 11.6 Å². The van der Waals surface area contributed by atoms with Gasteiger partial charge in [-0.25, -0.2) is 4.39 Å². The molecule has 0 aliphatic carbocycles. The summed E-state index contributed by atoms with van der Waals surface area (Å²) in [5, 5.41) is 3.94. The lowest BCUT2D eigenvalue weighted by Gasteiger charge is -2.34. The summed E-state index contributed by atoms with van der Waals surface area (Å²) in [5.41, 5.74) is -0.275. The molecule has 1 fully saturated rings. The van der Waals surface area contributed by atoms with Crippen LogP contribution in [0.2, 0.25) is 5.02 Å². The summed E-state index contributed by atoms with van der Waals surface area (Å²) in [6.07, 6.45) is 2.43. The maximum absolute atomic E-state index is 14.7. The molecule has 1 aliphatic heterocycles. The van der Waals surface area contributed by atoms with Crippen LogP contribution >= 0.6 is 11.6 Å². The minimum Gasteiger partial charge on any atom is -0.316 e. The van der Waals surface area contributed by atoms with Gasteiger partial charge in [0, 0.05) is 23.9 Å². The first-order valence-corrected chi connectivity index (χ1v) is 6.60. The highest BCUT2D eigenvalue weighted by Crippen LogP contribution is 2.33. The van der Waals surface area contributed by atoms with Crippen LogP contribution in [-0.4, -0.2) is 18.8 Å². The molecule has 1 aromatic rings. The normalized spacial score (nSPS) is 24.3. The van der Waals surface area contributed by atoms with Crippen molar-refractivity contribution in [3.05, 3.63) is 34.9 Å². The average Bonchev–Trinajstić information content (AvgIpc) is 2.33. The summed E-state index contributed by atoms with van der Waals surface area (Å²) in [6.45, 7) is 3.49. The van der Waals surface area contributed by atoms with Gasteiger partial charge in [0.15, 0.2) is 0 Å². The smallest absolute Gasteiger partial charge is 0.116 e. The van der Waals surface area contributed by atoms with E-state index in [4.69, 9.17) is 11.6 Å².